The second kappa shape index (κ2) is 6.09. The fraction of sp³-hybridized carbons (Fsp3) is 0.0625. The van der Waals surface area contributed by atoms with Gasteiger partial charge in [-0.25, -0.2) is 0 Å². The summed E-state index contributed by atoms with van der Waals surface area (Å²) in [7, 11) is 0. The fourth-order valence-corrected chi connectivity index (χ4v) is 1.85. The summed E-state index contributed by atoms with van der Waals surface area (Å²) in [6, 6.07) is 9.18. The van der Waals surface area contributed by atoms with E-state index in [0.717, 1.165) is 17.7 Å². The maximum absolute atomic E-state index is 12.0. The van der Waals surface area contributed by atoms with Gasteiger partial charge in [0.25, 0.3) is 0 Å². The molecule has 6 nitrogen and oxygen atoms in total. The smallest absolute Gasteiger partial charge is 0.315 e. The molecular formula is C16H13NO5. The largest absolute Gasteiger partial charge is 0.504 e. The van der Waals surface area contributed by atoms with Crippen molar-refractivity contribution >= 4 is 17.5 Å². The zero-order valence-electron chi connectivity index (χ0n) is 11.7. The lowest BCUT2D eigenvalue weighted by Gasteiger charge is -2.01. The van der Waals surface area contributed by atoms with Crippen molar-refractivity contribution in [1.82, 2.24) is 0 Å². The lowest BCUT2D eigenvalue weighted by atomic mass is 10.1. The maximum atomic E-state index is 12.0. The van der Waals surface area contributed by atoms with Crippen LogP contribution < -0.4 is 0 Å². The van der Waals surface area contributed by atoms with Gasteiger partial charge in [0, 0.05) is 11.6 Å². The Morgan fingerprint density at radius 2 is 1.82 bits per heavy atom. The first kappa shape index (κ1) is 15.2. The summed E-state index contributed by atoms with van der Waals surface area (Å²) in [6.07, 6.45) is 2.59. The van der Waals surface area contributed by atoms with Crippen molar-refractivity contribution in [2.75, 3.05) is 0 Å². The van der Waals surface area contributed by atoms with E-state index in [1.165, 1.54) is 12.2 Å². The molecule has 2 aromatic carbocycles. The molecule has 0 aromatic heterocycles. The van der Waals surface area contributed by atoms with Crippen molar-refractivity contribution in [2.45, 2.75) is 6.92 Å². The van der Waals surface area contributed by atoms with E-state index in [1.807, 2.05) is 6.92 Å². The van der Waals surface area contributed by atoms with Crippen molar-refractivity contribution < 1.29 is 19.9 Å². The minimum atomic E-state index is -0.811. The second-order valence-electron chi connectivity index (χ2n) is 4.73. The summed E-state index contributed by atoms with van der Waals surface area (Å²) in [4.78, 5) is 21.9. The molecule has 2 aromatic rings. The summed E-state index contributed by atoms with van der Waals surface area (Å²) in [5, 5.41) is 29.6. The van der Waals surface area contributed by atoms with Crippen LogP contribution in [0.25, 0.3) is 6.08 Å². The third kappa shape index (κ3) is 3.29. The van der Waals surface area contributed by atoms with Crippen molar-refractivity contribution in [2.24, 2.45) is 0 Å². The predicted molar refractivity (Wildman–Crippen MR) is 81.0 cm³/mol. The molecule has 0 spiro atoms. The molecule has 0 saturated heterocycles. The van der Waals surface area contributed by atoms with E-state index in [9.17, 15) is 25.1 Å². The van der Waals surface area contributed by atoms with E-state index in [1.54, 1.807) is 24.3 Å². The molecule has 0 aliphatic carbocycles. The monoisotopic (exact) mass is 299 g/mol. The molecule has 0 fully saturated rings. The second-order valence-corrected chi connectivity index (χ2v) is 4.73. The van der Waals surface area contributed by atoms with E-state index in [-0.39, 0.29) is 11.3 Å². The van der Waals surface area contributed by atoms with Crippen LogP contribution in [0.5, 0.6) is 11.5 Å². The molecule has 22 heavy (non-hydrogen) atoms. The maximum Gasteiger partial charge on any atom is 0.315 e. The van der Waals surface area contributed by atoms with E-state index < -0.39 is 22.1 Å². The Labute approximate surface area is 126 Å². The molecule has 0 atom stereocenters. The summed E-state index contributed by atoms with van der Waals surface area (Å²) in [6.45, 7) is 1.91. The van der Waals surface area contributed by atoms with Crippen LogP contribution in [0.3, 0.4) is 0 Å². The van der Waals surface area contributed by atoms with Gasteiger partial charge in [-0.05, 0) is 24.6 Å². The number of carbonyl (C=O) groups is 1. The lowest BCUT2D eigenvalue weighted by molar-refractivity contribution is -0.386. The van der Waals surface area contributed by atoms with E-state index >= 15 is 0 Å². The number of phenolic OH excluding ortho intramolecular Hbond substituents is 2. The first-order chi connectivity index (χ1) is 10.4. The van der Waals surface area contributed by atoms with Gasteiger partial charge >= 0.3 is 5.69 Å². The van der Waals surface area contributed by atoms with Crippen LogP contribution in [-0.4, -0.2) is 20.9 Å². The number of aryl methyl sites for hydroxylation is 1. The summed E-state index contributed by atoms with van der Waals surface area (Å²) < 4.78 is 0. The van der Waals surface area contributed by atoms with Gasteiger partial charge in [-0.1, -0.05) is 35.9 Å². The van der Waals surface area contributed by atoms with Crippen LogP contribution in [0, 0.1) is 17.0 Å². The number of nitro groups is 1. The Hall–Kier alpha value is -3.15. The van der Waals surface area contributed by atoms with Gasteiger partial charge in [0.15, 0.2) is 11.5 Å². The molecule has 0 unspecified atom stereocenters. The quantitative estimate of drug-likeness (QED) is 0.297. The van der Waals surface area contributed by atoms with E-state index in [0.29, 0.717) is 5.56 Å². The highest BCUT2D eigenvalue weighted by atomic mass is 16.6. The minimum absolute atomic E-state index is 0.238. The van der Waals surface area contributed by atoms with E-state index in [2.05, 4.69) is 0 Å². The standard InChI is InChI=1S/C16H13NO5/c1-10-2-5-12(6-3-10)14(18)7-4-11-8-13(17(21)22)16(20)15(19)9-11/h2-9,19-20H,1H3/b7-4+. The van der Waals surface area contributed by atoms with Gasteiger partial charge in [0.05, 0.1) is 4.92 Å². The number of ketones is 1. The number of phenols is 2. The highest BCUT2D eigenvalue weighted by Gasteiger charge is 2.18. The van der Waals surface area contributed by atoms with Gasteiger partial charge in [-0.2, -0.15) is 0 Å². The third-order valence-electron chi connectivity index (χ3n) is 3.05. The number of hydrogen-bond donors (Lipinski definition) is 2. The average Bonchev–Trinajstić information content (AvgIpc) is 2.48. The highest BCUT2D eigenvalue weighted by molar-refractivity contribution is 6.06. The van der Waals surface area contributed by atoms with Crippen LogP contribution >= 0.6 is 0 Å². The van der Waals surface area contributed by atoms with Crippen LogP contribution in [-0.2, 0) is 0 Å². The summed E-state index contributed by atoms with van der Waals surface area (Å²) in [5.41, 5.74) is 1.13. The molecule has 2 N–H and O–H groups in total. The zero-order chi connectivity index (χ0) is 16.3. The Morgan fingerprint density at radius 3 is 2.41 bits per heavy atom. The number of nitro benzene ring substituents is 1. The van der Waals surface area contributed by atoms with Gasteiger partial charge in [-0.3, -0.25) is 14.9 Å². The molecular weight excluding hydrogens is 286 g/mol. The number of nitrogens with zero attached hydrogens (tertiary/aromatic N) is 1. The molecule has 0 amide bonds. The molecule has 112 valence electrons. The Balaban J connectivity index is 2.28. The number of aromatic hydroxyl groups is 2. The molecule has 2 rings (SSSR count). The van der Waals surface area contributed by atoms with Gasteiger partial charge in [0.1, 0.15) is 0 Å². The predicted octanol–water partition coefficient (Wildman–Crippen LogP) is 3.21. The first-order valence-electron chi connectivity index (χ1n) is 6.38. The number of rotatable bonds is 4. The average molecular weight is 299 g/mol. The highest BCUT2D eigenvalue weighted by Crippen LogP contribution is 2.36. The fourth-order valence-electron chi connectivity index (χ4n) is 1.85. The summed E-state index contributed by atoms with van der Waals surface area (Å²) >= 11 is 0. The van der Waals surface area contributed by atoms with Crippen molar-refractivity contribution in [3.63, 3.8) is 0 Å². The first-order valence-corrected chi connectivity index (χ1v) is 6.38. The van der Waals surface area contributed by atoms with Crippen molar-refractivity contribution in [3.8, 4) is 11.5 Å². The molecule has 6 heteroatoms. The van der Waals surface area contributed by atoms with Crippen LogP contribution in [0.15, 0.2) is 42.5 Å². The number of allylic oxidation sites excluding steroid dienone is 1. The Morgan fingerprint density at radius 1 is 1.18 bits per heavy atom. The topological polar surface area (TPSA) is 101 Å². The molecule has 0 heterocycles. The molecule has 0 bridgehead atoms. The van der Waals surface area contributed by atoms with Crippen LogP contribution in [0.4, 0.5) is 5.69 Å². The normalized spacial score (nSPS) is 10.8. The van der Waals surface area contributed by atoms with Crippen LogP contribution in [0.2, 0.25) is 0 Å². The van der Waals surface area contributed by atoms with Crippen molar-refractivity contribution in [3.05, 3.63) is 69.3 Å². The molecule has 0 aliphatic rings. The minimum Gasteiger partial charge on any atom is -0.504 e. The number of benzene rings is 2. The number of hydrogen-bond acceptors (Lipinski definition) is 5. The summed E-state index contributed by atoms with van der Waals surface area (Å²) in [5.74, 6) is -1.68. The Kier molecular flexibility index (Phi) is 4.22. The SMILES string of the molecule is Cc1ccc(C(=O)/C=C/c2cc(O)c(O)c([N+](=O)[O-])c2)cc1. The van der Waals surface area contributed by atoms with E-state index in [4.69, 9.17) is 0 Å². The van der Waals surface area contributed by atoms with Gasteiger partial charge < -0.3 is 10.2 Å². The third-order valence-corrected chi connectivity index (χ3v) is 3.05. The lowest BCUT2D eigenvalue weighted by Crippen LogP contribution is -1.94. The van der Waals surface area contributed by atoms with Gasteiger partial charge in [0.2, 0.25) is 5.75 Å². The van der Waals surface area contributed by atoms with Crippen LogP contribution in [0.1, 0.15) is 21.5 Å². The number of carbonyl (C=O) groups excluding carboxylic acids is 1. The molecule has 0 radical (unpaired) electrons. The van der Waals surface area contributed by atoms with Gasteiger partial charge in [-0.15, -0.1) is 0 Å². The Bertz CT molecular complexity index is 763. The van der Waals surface area contributed by atoms with Crippen molar-refractivity contribution in [1.29, 1.82) is 0 Å². The zero-order valence-corrected chi connectivity index (χ0v) is 11.7. The molecule has 0 aliphatic heterocycles. The molecule has 0 saturated carbocycles.